The van der Waals surface area contributed by atoms with Crippen molar-refractivity contribution >= 4 is 15.6 Å². The molecule has 0 saturated carbocycles. The third-order valence-electron chi connectivity index (χ3n) is 2.43. The van der Waals surface area contributed by atoms with Crippen molar-refractivity contribution in [3.63, 3.8) is 0 Å². The smallest absolute Gasteiger partial charge is 0.388 e. The molecule has 1 unspecified atom stereocenters. The van der Waals surface area contributed by atoms with E-state index in [1.54, 1.807) is 0 Å². The third-order valence-corrected chi connectivity index (χ3v) is 4.65. The number of phosphoric ester groups is 1. The summed E-state index contributed by atoms with van der Waals surface area (Å²) in [5.74, 6) is -2.47. The lowest BCUT2D eigenvalue weighted by molar-refractivity contribution is -0.306. The van der Waals surface area contributed by atoms with E-state index in [1.165, 1.54) is 0 Å². The van der Waals surface area contributed by atoms with Crippen LogP contribution < -0.4 is 5.73 Å². The zero-order valence-electron chi connectivity index (χ0n) is 9.84. The molecule has 0 aromatic heterocycles. The van der Waals surface area contributed by atoms with Crippen LogP contribution in [-0.2, 0) is 22.7 Å². The first kappa shape index (κ1) is 18.1. The van der Waals surface area contributed by atoms with E-state index in [1.807, 2.05) is 0 Å². The molecule has 1 heterocycles. The average Bonchev–Trinajstić information content (AvgIpc) is 2.27. The van der Waals surface area contributed by atoms with Gasteiger partial charge in [0.15, 0.2) is 0 Å². The second-order valence-electron chi connectivity index (χ2n) is 3.96. The summed E-state index contributed by atoms with van der Waals surface area (Å²) in [6.07, 6.45) is -5.38. The molecule has 1 aliphatic heterocycles. The van der Waals surface area contributed by atoms with Gasteiger partial charge in [-0.05, 0) is 0 Å². The highest BCUT2D eigenvalue weighted by Crippen LogP contribution is 2.60. The van der Waals surface area contributed by atoms with Crippen molar-refractivity contribution in [2.75, 3.05) is 13.2 Å². The molecule has 0 aromatic carbocycles. The normalized spacial score (nSPS) is 38.5. The fraction of sp³-hybridized carbons (Fsp3) is 1.00. The van der Waals surface area contributed by atoms with Crippen molar-refractivity contribution in [1.29, 1.82) is 0 Å². The van der Waals surface area contributed by atoms with Crippen LogP contribution in [0, 0.1) is 0 Å². The van der Waals surface area contributed by atoms with Crippen LogP contribution in [-0.4, -0.2) is 67.3 Å². The zero-order valence-corrected chi connectivity index (χ0v) is 11.6. The van der Waals surface area contributed by atoms with E-state index in [4.69, 9.17) is 20.3 Å². The van der Waals surface area contributed by atoms with Gasteiger partial charge in [0.1, 0.15) is 18.3 Å². The van der Waals surface area contributed by atoms with Gasteiger partial charge < -0.3 is 40.5 Å². The fourth-order valence-electron chi connectivity index (χ4n) is 1.52. The topological polar surface area (TPSA) is 209 Å². The number of hydrogen-bond acceptors (Lipinski definition) is 9. The molecule has 0 spiro atoms. The Morgan fingerprint density at radius 2 is 1.80 bits per heavy atom. The molecule has 20 heavy (non-hydrogen) atoms. The van der Waals surface area contributed by atoms with Crippen molar-refractivity contribution in [3.05, 3.63) is 0 Å². The van der Waals surface area contributed by atoms with Gasteiger partial charge in [-0.15, -0.1) is 0 Å². The Balaban J connectivity index is 2.96. The molecule has 1 fully saturated rings. The van der Waals surface area contributed by atoms with E-state index in [9.17, 15) is 29.3 Å². The number of hydrogen-bond donors (Lipinski definition) is 7. The Hall–Kier alpha value is 0.0600. The summed E-state index contributed by atoms with van der Waals surface area (Å²) in [5, 5.41) is 28.4. The fourth-order valence-corrected chi connectivity index (χ4v) is 3.36. The second-order valence-corrected chi connectivity index (χ2v) is 6.72. The van der Waals surface area contributed by atoms with E-state index in [-0.39, 0.29) is 0 Å². The molecule has 0 aliphatic carbocycles. The molecule has 1 aliphatic rings. The van der Waals surface area contributed by atoms with Gasteiger partial charge in [0, 0.05) is 0 Å². The van der Waals surface area contributed by atoms with Gasteiger partial charge in [0.25, 0.3) is 0 Å². The number of rotatable bonds is 5. The summed E-state index contributed by atoms with van der Waals surface area (Å²) in [4.78, 5) is 26.1. The molecule has 5 atom stereocenters. The Morgan fingerprint density at radius 3 is 2.25 bits per heavy atom. The molecule has 1 rings (SSSR count). The summed E-state index contributed by atoms with van der Waals surface area (Å²) in [5.41, 5.74) is 5.22. The molecule has 0 aromatic rings. The van der Waals surface area contributed by atoms with Crippen molar-refractivity contribution in [2.45, 2.75) is 24.1 Å². The summed E-state index contributed by atoms with van der Waals surface area (Å²) >= 11 is 0. The van der Waals surface area contributed by atoms with Crippen molar-refractivity contribution in [2.24, 2.45) is 5.73 Å². The van der Waals surface area contributed by atoms with Crippen LogP contribution in [0.3, 0.4) is 0 Å². The van der Waals surface area contributed by atoms with E-state index >= 15 is 0 Å². The highest BCUT2D eigenvalue weighted by molar-refractivity contribution is 7.60. The minimum absolute atomic E-state index is 0.606. The van der Waals surface area contributed by atoms with Crippen LogP contribution in [0.25, 0.3) is 0 Å². The van der Waals surface area contributed by atoms with E-state index in [2.05, 4.69) is 8.83 Å². The highest BCUT2D eigenvalue weighted by Gasteiger charge is 2.54. The lowest BCUT2D eigenvalue weighted by Crippen LogP contribution is -2.64. The Bertz CT molecular complexity index is 439. The molecule has 0 amide bonds. The average molecular weight is 339 g/mol. The minimum Gasteiger partial charge on any atom is -0.388 e. The first-order valence-corrected chi connectivity index (χ1v) is 8.14. The first-order valence-electron chi connectivity index (χ1n) is 5.11. The van der Waals surface area contributed by atoms with Gasteiger partial charge in [0.05, 0.1) is 13.2 Å². The van der Waals surface area contributed by atoms with Crippen LogP contribution in [0.5, 0.6) is 0 Å². The SMILES string of the molecule is NC[C@]1(OP(=O)(O)OP(=O)(O)O)OC[C@H](O)[C@@H](O)[C@@H]1O. The Kier molecular flexibility index (Phi) is 5.48. The standard InChI is InChI=1S/C6H15NO11P2/c7-2-6(5(10)4(9)3(8)1-16-6)17-20(14,15)18-19(11,12)13/h3-5,8-10H,1-2,7H2,(H,14,15)(H2,11,12,13)/t3-,4+,5-,6+/m0/s1. The van der Waals surface area contributed by atoms with Gasteiger partial charge in [-0.3, -0.25) is 0 Å². The van der Waals surface area contributed by atoms with Crippen molar-refractivity contribution < 1.29 is 52.7 Å². The molecule has 120 valence electrons. The van der Waals surface area contributed by atoms with Crippen LogP contribution >= 0.6 is 15.6 Å². The number of nitrogens with two attached hydrogens (primary N) is 1. The van der Waals surface area contributed by atoms with Crippen LogP contribution in [0.1, 0.15) is 0 Å². The lowest BCUT2D eigenvalue weighted by Gasteiger charge is -2.43. The molecule has 0 radical (unpaired) electrons. The predicted molar refractivity (Wildman–Crippen MR) is 59.8 cm³/mol. The largest absolute Gasteiger partial charge is 0.483 e. The molecule has 8 N–H and O–H groups in total. The van der Waals surface area contributed by atoms with Gasteiger partial charge in [0.2, 0.25) is 5.79 Å². The number of aliphatic hydroxyl groups is 3. The van der Waals surface area contributed by atoms with E-state index in [0.717, 1.165) is 0 Å². The Labute approximate surface area is 112 Å². The lowest BCUT2D eigenvalue weighted by atomic mass is 9.97. The number of aliphatic hydroxyl groups excluding tert-OH is 3. The summed E-state index contributed by atoms with van der Waals surface area (Å²) in [7, 11) is -10.7. The third kappa shape index (κ3) is 4.28. The maximum atomic E-state index is 11.4. The highest BCUT2D eigenvalue weighted by atomic mass is 31.3. The summed E-state index contributed by atoms with van der Waals surface area (Å²) < 4.78 is 34.6. The van der Waals surface area contributed by atoms with Gasteiger partial charge in [-0.25, -0.2) is 13.7 Å². The quantitative estimate of drug-likeness (QED) is 0.250. The number of phosphoric acid groups is 2. The summed E-state index contributed by atoms with van der Waals surface area (Å²) in [6, 6.07) is 0. The first-order chi connectivity index (χ1) is 8.92. The molecule has 0 bridgehead atoms. The van der Waals surface area contributed by atoms with Crippen LogP contribution in [0.15, 0.2) is 0 Å². The predicted octanol–water partition coefficient (Wildman–Crippen LogP) is -3.02. The maximum Gasteiger partial charge on any atom is 0.483 e. The molecule has 1 saturated heterocycles. The molecular weight excluding hydrogens is 324 g/mol. The zero-order chi connectivity index (χ0) is 15.8. The van der Waals surface area contributed by atoms with Crippen molar-refractivity contribution in [3.8, 4) is 0 Å². The van der Waals surface area contributed by atoms with E-state index < -0.39 is 52.9 Å². The second kappa shape index (κ2) is 6.05. The number of ether oxygens (including phenoxy) is 1. The summed E-state index contributed by atoms with van der Waals surface area (Å²) in [6.45, 7) is -1.38. The molecule has 12 nitrogen and oxygen atoms in total. The van der Waals surface area contributed by atoms with E-state index in [0.29, 0.717) is 0 Å². The van der Waals surface area contributed by atoms with Gasteiger partial charge in [-0.1, -0.05) is 0 Å². The minimum atomic E-state index is -5.37. The maximum absolute atomic E-state index is 11.4. The monoisotopic (exact) mass is 339 g/mol. The van der Waals surface area contributed by atoms with Gasteiger partial charge in [-0.2, -0.15) is 4.31 Å². The van der Waals surface area contributed by atoms with Crippen LogP contribution in [0.2, 0.25) is 0 Å². The molecular formula is C6H15NO11P2. The Morgan fingerprint density at radius 1 is 1.25 bits per heavy atom. The van der Waals surface area contributed by atoms with Gasteiger partial charge >= 0.3 is 15.6 Å². The van der Waals surface area contributed by atoms with Crippen LogP contribution in [0.4, 0.5) is 0 Å². The molecule has 14 heteroatoms. The van der Waals surface area contributed by atoms with Crippen molar-refractivity contribution in [1.82, 2.24) is 0 Å².